The second-order valence-corrected chi connectivity index (χ2v) is 5.91. The lowest BCUT2D eigenvalue weighted by Crippen LogP contribution is -2.33. The highest BCUT2D eigenvalue weighted by atomic mass is 32.2. The Hall–Kier alpha value is -1.20. The van der Waals surface area contributed by atoms with Gasteiger partial charge in [0.2, 0.25) is 0 Å². The first kappa shape index (κ1) is 12.8. The van der Waals surface area contributed by atoms with Crippen LogP contribution in [0.4, 0.5) is 0 Å². The number of aromatic amines is 1. The molecule has 1 saturated carbocycles. The summed E-state index contributed by atoms with van der Waals surface area (Å²) < 4.78 is 6.18. The van der Waals surface area contributed by atoms with Gasteiger partial charge >= 0.3 is 0 Å². The lowest BCUT2D eigenvalue weighted by molar-refractivity contribution is 0.141. The predicted molar refractivity (Wildman–Crippen MR) is 78.7 cm³/mol. The number of H-pyrrole nitrogens is 1. The summed E-state index contributed by atoms with van der Waals surface area (Å²) in [7, 11) is 0. The Labute approximate surface area is 117 Å². The highest BCUT2D eigenvalue weighted by molar-refractivity contribution is 7.99. The number of aromatic nitrogens is 2. The molecule has 0 amide bonds. The van der Waals surface area contributed by atoms with Crippen LogP contribution in [0.25, 0.3) is 10.9 Å². The van der Waals surface area contributed by atoms with Crippen molar-refractivity contribution >= 4 is 22.7 Å². The van der Waals surface area contributed by atoms with E-state index in [1.54, 1.807) is 11.8 Å². The summed E-state index contributed by atoms with van der Waals surface area (Å²) in [5, 5.41) is 8.22. The molecule has 1 aliphatic carbocycles. The van der Waals surface area contributed by atoms with Crippen LogP contribution in [0, 0.1) is 0 Å². The van der Waals surface area contributed by atoms with Gasteiger partial charge in [0, 0.05) is 11.4 Å². The predicted octanol–water partition coefficient (Wildman–Crippen LogP) is 2.93. The van der Waals surface area contributed by atoms with Crippen LogP contribution in [0.1, 0.15) is 25.7 Å². The number of rotatable bonds is 3. The van der Waals surface area contributed by atoms with E-state index < -0.39 is 0 Å². The first-order valence-corrected chi connectivity index (χ1v) is 7.92. The number of hydrogen-bond donors (Lipinski definition) is 2. The second-order valence-electron chi connectivity index (χ2n) is 5.09. The summed E-state index contributed by atoms with van der Waals surface area (Å²) >= 11 is 1.70. The molecule has 3 rings (SSSR count). The molecule has 0 radical (unpaired) electrons. The van der Waals surface area contributed by atoms with E-state index in [0.717, 1.165) is 47.2 Å². The molecule has 5 heteroatoms. The molecule has 0 spiro atoms. The minimum Gasteiger partial charge on any atom is -0.489 e. The van der Waals surface area contributed by atoms with Gasteiger partial charge in [0.15, 0.2) is 0 Å². The van der Waals surface area contributed by atoms with Crippen molar-refractivity contribution in [1.82, 2.24) is 10.2 Å². The molecule has 19 heavy (non-hydrogen) atoms. The molecule has 0 aliphatic heterocycles. The molecule has 2 aromatic rings. The summed E-state index contributed by atoms with van der Waals surface area (Å²) in [5.74, 6) is 0.959. The average Bonchev–Trinajstić information content (AvgIpc) is 2.87. The van der Waals surface area contributed by atoms with E-state index in [1.807, 2.05) is 18.3 Å². The molecule has 1 aromatic carbocycles. The number of fused-ring (bicyclic) bond motifs is 1. The van der Waals surface area contributed by atoms with Gasteiger partial charge in [-0.25, -0.2) is 0 Å². The molecule has 1 aromatic heterocycles. The normalized spacial score (nSPS) is 23.7. The van der Waals surface area contributed by atoms with Crippen molar-refractivity contribution in [1.29, 1.82) is 0 Å². The van der Waals surface area contributed by atoms with Crippen LogP contribution in [-0.2, 0) is 0 Å². The van der Waals surface area contributed by atoms with Crippen molar-refractivity contribution in [3.63, 3.8) is 0 Å². The Morgan fingerprint density at radius 2 is 2.32 bits per heavy atom. The largest absolute Gasteiger partial charge is 0.489 e. The number of ether oxygens (including phenoxy) is 1. The molecule has 3 N–H and O–H groups in total. The fraction of sp³-hybridized carbons (Fsp3) is 0.500. The molecule has 1 heterocycles. The Morgan fingerprint density at radius 3 is 3.11 bits per heavy atom. The van der Waals surface area contributed by atoms with E-state index >= 15 is 0 Å². The molecule has 1 fully saturated rings. The number of nitrogens with one attached hydrogen (secondary N) is 1. The van der Waals surface area contributed by atoms with Gasteiger partial charge in [-0.15, -0.1) is 11.8 Å². The third-order valence-electron chi connectivity index (χ3n) is 3.70. The van der Waals surface area contributed by atoms with Crippen LogP contribution in [0.5, 0.6) is 5.75 Å². The zero-order chi connectivity index (χ0) is 13.2. The smallest absolute Gasteiger partial charge is 0.134 e. The summed E-state index contributed by atoms with van der Waals surface area (Å²) in [5.41, 5.74) is 7.08. The first-order chi connectivity index (χ1) is 9.28. The highest BCUT2D eigenvalue weighted by Gasteiger charge is 2.22. The maximum atomic E-state index is 6.18. The van der Waals surface area contributed by atoms with Crippen LogP contribution in [0.2, 0.25) is 0 Å². The fourth-order valence-corrected chi connectivity index (χ4v) is 3.44. The van der Waals surface area contributed by atoms with E-state index in [4.69, 9.17) is 10.5 Å². The number of hydrogen-bond acceptors (Lipinski definition) is 4. The maximum absolute atomic E-state index is 6.18. The first-order valence-electron chi connectivity index (χ1n) is 6.70. The molecule has 0 saturated heterocycles. The molecule has 1 aliphatic rings. The highest BCUT2D eigenvalue weighted by Crippen LogP contribution is 2.36. The quantitative estimate of drug-likeness (QED) is 0.847. The van der Waals surface area contributed by atoms with Crippen LogP contribution < -0.4 is 10.5 Å². The van der Waals surface area contributed by atoms with Crippen molar-refractivity contribution < 1.29 is 4.74 Å². The number of nitrogens with two attached hydrogens (primary N) is 1. The molecule has 102 valence electrons. The van der Waals surface area contributed by atoms with Gasteiger partial charge in [-0.2, -0.15) is 5.10 Å². The summed E-state index contributed by atoms with van der Waals surface area (Å²) in [6.45, 7) is 0. The lowest BCUT2D eigenvalue weighted by atomic mass is 9.93. The zero-order valence-electron chi connectivity index (χ0n) is 11.1. The maximum Gasteiger partial charge on any atom is 0.134 e. The molecular weight excluding hydrogens is 258 g/mol. The topological polar surface area (TPSA) is 63.9 Å². The van der Waals surface area contributed by atoms with Gasteiger partial charge < -0.3 is 10.5 Å². The van der Waals surface area contributed by atoms with Crippen LogP contribution in [0.15, 0.2) is 23.2 Å². The summed E-state index contributed by atoms with van der Waals surface area (Å²) in [6.07, 6.45) is 8.52. The number of benzene rings is 1. The van der Waals surface area contributed by atoms with E-state index in [-0.39, 0.29) is 12.1 Å². The molecule has 4 nitrogen and oxygen atoms in total. The third-order valence-corrected chi connectivity index (χ3v) is 4.53. The SMILES string of the molecule is CSc1c(O[C@@H]2CCC[C@H](N)C2)ccc2[nH]ncc12. The van der Waals surface area contributed by atoms with Gasteiger partial charge in [0.1, 0.15) is 11.9 Å². The van der Waals surface area contributed by atoms with E-state index in [9.17, 15) is 0 Å². The van der Waals surface area contributed by atoms with E-state index in [0.29, 0.717) is 0 Å². The van der Waals surface area contributed by atoms with Gasteiger partial charge in [-0.1, -0.05) is 0 Å². The molecule has 2 atom stereocenters. The zero-order valence-corrected chi connectivity index (χ0v) is 11.9. The fourth-order valence-electron chi connectivity index (χ4n) is 2.74. The average molecular weight is 277 g/mol. The van der Waals surface area contributed by atoms with Crippen molar-refractivity contribution in [3.8, 4) is 5.75 Å². The van der Waals surface area contributed by atoms with Crippen molar-refractivity contribution in [2.24, 2.45) is 5.73 Å². The summed E-state index contributed by atoms with van der Waals surface area (Å²) in [4.78, 5) is 1.16. The van der Waals surface area contributed by atoms with Gasteiger partial charge in [0.05, 0.1) is 16.6 Å². The third kappa shape index (κ3) is 2.58. The second kappa shape index (κ2) is 5.43. The molecule has 0 bridgehead atoms. The Bertz CT molecular complexity index is 569. The van der Waals surface area contributed by atoms with Crippen LogP contribution in [-0.4, -0.2) is 28.6 Å². The summed E-state index contributed by atoms with van der Waals surface area (Å²) in [6, 6.07) is 4.35. The number of thioether (sulfide) groups is 1. The van der Waals surface area contributed by atoms with Gasteiger partial charge in [-0.3, -0.25) is 5.10 Å². The minimum absolute atomic E-state index is 0.249. The van der Waals surface area contributed by atoms with E-state index in [2.05, 4.69) is 16.5 Å². The minimum atomic E-state index is 0.249. The Balaban J connectivity index is 1.87. The lowest BCUT2D eigenvalue weighted by Gasteiger charge is -2.28. The monoisotopic (exact) mass is 277 g/mol. The Morgan fingerprint density at radius 1 is 1.42 bits per heavy atom. The van der Waals surface area contributed by atoms with Crippen LogP contribution >= 0.6 is 11.8 Å². The van der Waals surface area contributed by atoms with Crippen molar-refractivity contribution in [3.05, 3.63) is 18.3 Å². The Kier molecular flexibility index (Phi) is 3.66. The van der Waals surface area contributed by atoms with Crippen molar-refractivity contribution in [2.75, 3.05) is 6.26 Å². The van der Waals surface area contributed by atoms with Crippen LogP contribution in [0.3, 0.4) is 0 Å². The van der Waals surface area contributed by atoms with Gasteiger partial charge in [-0.05, 0) is 44.1 Å². The molecular formula is C14H19N3OS. The van der Waals surface area contributed by atoms with Gasteiger partial charge in [0.25, 0.3) is 0 Å². The molecule has 0 unspecified atom stereocenters. The van der Waals surface area contributed by atoms with E-state index in [1.165, 1.54) is 0 Å². The standard InChI is InChI=1S/C14H19N3OS/c1-19-14-11-8-16-17-12(11)5-6-13(14)18-10-4-2-3-9(15)7-10/h5-6,8-10H,2-4,7,15H2,1H3,(H,16,17)/t9-,10+/m0/s1. The number of nitrogens with zero attached hydrogens (tertiary/aromatic N) is 1. The van der Waals surface area contributed by atoms with Crippen molar-refractivity contribution in [2.45, 2.75) is 42.7 Å².